The van der Waals surface area contributed by atoms with Crippen molar-refractivity contribution in [2.75, 3.05) is 0 Å². The normalized spacial score (nSPS) is 14.5. The molecule has 0 aromatic carbocycles. The molecule has 2 rings (SSSR count). The predicted octanol–water partition coefficient (Wildman–Crippen LogP) is 2.01. The number of hydrogen-bond acceptors (Lipinski definition) is 5. The van der Waals surface area contributed by atoms with Gasteiger partial charge in [0.05, 0.1) is 5.25 Å². The predicted molar refractivity (Wildman–Crippen MR) is 71.4 cm³/mol. The third kappa shape index (κ3) is 3.18. The summed E-state index contributed by atoms with van der Waals surface area (Å²) in [4.78, 5) is 19.2. The van der Waals surface area contributed by atoms with E-state index in [0.29, 0.717) is 5.16 Å². The van der Waals surface area contributed by atoms with Crippen LogP contribution >= 0.6 is 23.1 Å². The van der Waals surface area contributed by atoms with Crippen molar-refractivity contribution in [2.45, 2.75) is 23.4 Å². The summed E-state index contributed by atoms with van der Waals surface area (Å²) in [5.74, 6) is 0. The van der Waals surface area contributed by atoms with Gasteiger partial charge in [-0.05, 0) is 18.4 Å². The van der Waals surface area contributed by atoms with Gasteiger partial charge >= 0.3 is 0 Å². The molecule has 0 bridgehead atoms. The van der Waals surface area contributed by atoms with Crippen LogP contribution < -0.4 is 11.3 Å². The van der Waals surface area contributed by atoms with Crippen molar-refractivity contribution in [1.29, 1.82) is 0 Å². The maximum absolute atomic E-state index is 11.2. The van der Waals surface area contributed by atoms with Crippen LogP contribution in [0, 0.1) is 0 Å². The van der Waals surface area contributed by atoms with E-state index in [2.05, 4.69) is 9.97 Å². The first kappa shape index (κ1) is 12.3. The highest BCUT2D eigenvalue weighted by Gasteiger charge is 2.19. The van der Waals surface area contributed by atoms with E-state index in [-0.39, 0.29) is 16.9 Å². The molecule has 6 heteroatoms. The number of nitrogens with one attached hydrogen (secondary N) is 1. The molecule has 17 heavy (non-hydrogen) atoms. The zero-order valence-corrected chi connectivity index (χ0v) is 10.9. The zero-order chi connectivity index (χ0) is 12.3. The largest absolute Gasteiger partial charge is 0.327 e. The van der Waals surface area contributed by atoms with Crippen LogP contribution in [0.1, 0.15) is 17.1 Å². The van der Waals surface area contributed by atoms with E-state index in [9.17, 15) is 4.79 Å². The van der Waals surface area contributed by atoms with Crippen molar-refractivity contribution in [3.63, 3.8) is 0 Å². The summed E-state index contributed by atoms with van der Waals surface area (Å²) in [6.07, 6.45) is 1.51. The van der Waals surface area contributed by atoms with Gasteiger partial charge in [-0.3, -0.25) is 4.79 Å². The number of hydrogen-bond donors (Lipinski definition) is 2. The standard InChI is InChI=1S/C11H13N3OS2/c1-7(12)10(8-3-2-6-16-8)17-11-13-5-4-9(15)14-11/h2-7,10H,12H2,1H3,(H,13,14,15). The molecule has 2 unspecified atom stereocenters. The van der Waals surface area contributed by atoms with E-state index in [0.717, 1.165) is 0 Å². The summed E-state index contributed by atoms with van der Waals surface area (Å²) in [5, 5.41) is 2.74. The van der Waals surface area contributed by atoms with Crippen LogP contribution in [0.2, 0.25) is 0 Å². The molecule has 0 saturated heterocycles. The van der Waals surface area contributed by atoms with Gasteiger partial charge in [0, 0.05) is 23.2 Å². The molecule has 2 heterocycles. The Balaban J connectivity index is 2.22. The van der Waals surface area contributed by atoms with Gasteiger partial charge in [-0.2, -0.15) is 0 Å². The van der Waals surface area contributed by atoms with Crippen LogP contribution in [-0.2, 0) is 0 Å². The summed E-state index contributed by atoms with van der Waals surface area (Å²) >= 11 is 3.15. The lowest BCUT2D eigenvalue weighted by molar-refractivity contribution is 0.725. The minimum Gasteiger partial charge on any atom is -0.327 e. The van der Waals surface area contributed by atoms with Gasteiger partial charge in [-0.25, -0.2) is 4.98 Å². The Bertz CT molecular complexity index is 522. The molecular formula is C11H13N3OS2. The molecule has 0 aliphatic carbocycles. The molecule has 2 aromatic rings. The molecule has 3 N–H and O–H groups in total. The first-order valence-corrected chi connectivity index (χ1v) is 6.93. The number of thiophene rings is 1. The molecular weight excluding hydrogens is 254 g/mol. The van der Waals surface area contributed by atoms with E-state index in [1.807, 2.05) is 24.4 Å². The fourth-order valence-electron chi connectivity index (χ4n) is 1.41. The zero-order valence-electron chi connectivity index (χ0n) is 9.29. The van der Waals surface area contributed by atoms with E-state index in [1.165, 1.54) is 28.9 Å². The summed E-state index contributed by atoms with van der Waals surface area (Å²) in [6.45, 7) is 1.96. The number of nitrogens with two attached hydrogens (primary N) is 1. The second-order valence-corrected chi connectivity index (χ2v) is 5.76. The fraction of sp³-hybridized carbons (Fsp3) is 0.273. The van der Waals surface area contributed by atoms with Gasteiger partial charge < -0.3 is 10.7 Å². The molecule has 2 aromatic heterocycles. The highest BCUT2D eigenvalue weighted by molar-refractivity contribution is 7.99. The summed E-state index contributed by atoms with van der Waals surface area (Å²) in [5.41, 5.74) is 5.84. The highest BCUT2D eigenvalue weighted by Crippen LogP contribution is 2.37. The van der Waals surface area contributed by atoms with Crippen LogP contribution in [-0.4, -0.2) is 16.0 Å². The molecule has 0 amide bonds. The van der Waals surface area contributed by atoms with E-state index in [1.54, 1.807) is 11.3 Å². The molecule has 0 fully saturated rings. The number of nitrogens with zero attached hydrogens (tertiary/aromatic N) is 1. The van der Waals surface area contributed by atoms with Gasteiger partial charge in [0.1, 0.15) is 0 Å². The second kappa shape index (κ2) is 5.48. The Morgan fingerprint density at radius 2 is 2.35 bits per heavy atom. The van der Waals surface area contributed by atoms with Gasteiger partial charge in [-0.15, -0.1) is 11.3 Å². The minimum atomic E-state index is -0.142. The molecule has 0 spiro atoms. The van der Waals surface area contributed by atoms with Crippen LogP contribution in [0.15, 0.2) is 39.7 Å². The maximum Gasteiger partial charge on any atom is 0.251 e. The molecule has 0 aliphatic rings. The van der Waals surface area contributed by atoms with Crippen molar-refractivity contribution in [3.05, 3.63) is 45.0 Å². The number of aromatic nitrogens is 2. The summed E-state index contributed by atoms with van der Waals surface area (Å²) in [7, 11) is 0. The highest BCUT2D eigenvalue weighted by atomic mass is 32.2. The lowest BCUT2D eigenvalue weighted by Gasteiger charge is -2.17. The first-order valence-electron chi connectivity index (χ1n) is 5.18. The summed E-state index contributed by atoms with van der Waals surface area (Å²) < 4.78 is 0. The fourth-order valence-corrected chi connectivity index (χ4v) is 3.47. The van der Waals surface area contributed by atoms with Gasteiger partial charge in [0.25, 0.3) is 5.56 Å². The number of rotatable bonds is 4. The van der Waals surface area contributed by atoms with Gasteiger partial charge in [0.2, 0.25) is 0 Å². The quantitative estimate of drug-likeness (QED) is 0.656. The number of aromatic amines is 1. The molecule has 2 atom stereocenters. The molecule has 4 nitrogen and oxygen atoms in total. The molecule has 0 saturated carbocycles. The van der Waals surface area contributed by atoms with Gasteiger partial charge in [-0.1, -0.05) is 17.8 Å². The van der Waals surface area contributed by atoms with Gasteiger partial charge in [0.15, 0.2) is 5.16 Å². The Morgan fingerprint density at radius 1 is 1.53 bits per heavy atom. The van der Waals surface area contributed by atoms with Crippen molar-refractivity contribution in [3.8, 4) is 0 Å². The van der Waals surface area contributed by atoms with E-state index in [4.69, 9.17) is 5.73 Å². The lowest BCUT2D eigenvalue weighted by atomic mass is 10.2. The molecule has 90 valence electrons. The third-order valence-electron chi connectivity index (χ3n) is 2.19. The van der Waals surface area contributed by atoms with Crippen molar-refractivity contribution < 1.29 is 0 Å². The molecule has 0 aliphatic heterocycles. The monoisotopic (exact) mass is 267 g/mol. The number of thioether (sulfide) groups is 1. The van der Waals surface area contributed by atoms with Crippen molar-refractivity contribution in [2.24, 2.45) is 5.73 Å². The Labute approximate surface area is 107 Å². The van der Waals surface area contributed by atoms with Crippen LogP contribution in [0.25, 0.3) is 0 Å². The topological polar surface area (TPSA) is 71.8 Å². The first-order chi connectivity index (χ1) is 8.16. The maximum atomic E-state index is 11.2. The van der Waals surface area contributed by atoms with Crippen molar-refractivity contribution in [1.82, 2.24) is 9.97 Å². The average Bonchev–Trinajstić information content (AvgIpc) is 2.78. The van der Waals surface area contributed by atoms with Crippen molar-refractivity contribution >= 4 is 23.1 Å². The van der Waals surface area contributed by atoms with E-state index >= 15 is 0 Å². The third-order valence-corrected chi connectivity index (χ3v) is 4.66. The van der Waals surface area contributed by atoms with Crippen LogP contribution in [0.4, 0.5) is 0 Å². The minimum absolute atomic E-state index is 0.0100. The van der Waals surface area contributed by atoms with Crippen LogP contribution in [0.3, 0.4) is 0 Å². The smallest absolute Gasteiger partial charge is 0.251 e. The Kier molecular flexibility index (Phi) is 3.98. The SMILES string of the molecule is CC(N)C(Sc1nccc(=O)[nH]1)c1cccs1. The summed E-state index contributed by atoms with van der Waals surface area (Å²) in [6, 6.07) is 5.43. The van der Waals surface area contributed by atoms with Crippen LogP contribution in [0.5, 0.6) is 0 Å². The Hall–Kier alpha value is -1.11. The Morgan fingerprint density at radius 3 is 2.94 bits per heavy atom. The number of H-pyrrole nitrogens is 1. The lowest BCUT2D eigenvalue weighted by Crippen LogP contribution is -2.22. The van der Waals surface area contributed by atoms with E-state index < -0.39 is 0 Å². The average molecular weight is 267 g/mol. The molecule has 0 radical (unpaired) electrons. The second-order valence-electron chi connectivity index (χ2n) is 3.65.